The van der Waals surface area contributed by atoms with Gasteiger partial charge in [-0.1, -0.05) is 6.08 Å². The highest BCUT2D eigenvalue weighted by molar-refractivity contribution is 8.18. The molecule has 0 radical (unpaired) electrons. The zero-order valence-electron chi connectivity index (χ0n) is 13.1. The van der Waals surface area contributed by atoms with Gasteiger partial charge in [0, 0.05) is 24.1 Å². The Morgan fingerprint density at radius 1 is 1.21 bits per heavy atom. The molecule has 6 heteroatoms. The summed E-state index contributed by atoms with van der Waals surface area (Å²) in [5.41, 5.74) is 1.77. The Hall–Kier alpha value is -2.73. The largest absolute Gasteiger partial charge is 0.497 e. The van der Waals surface area contributed by atoms with Gasteiger partial charge < -0.3 is 9.30 Å². The minimum atomic E-state index is -0.285. The first-order valence-electron chi connectivity index (χ1n) is 7.32. The molecule has 1 aliphatic heterocycles. The Bertz CT molecular complexity index is 821. The number of nitrogens with zero attached hydrogens (tertiary/aromatic N) is 2. The lowest BCUT2D eigenvalue weighted by atomic mass is 10.3. The van der Waals surface area contributed by atoms with E-state index in [9.17, 15) is 9.59 Å². The Morgan fingerprint density at radius 3 is 2.62 bits per heavy atom. The van der Waals surface area contributed by atoms with Gasteiger partial charge in [0.25, 0.3) is 11.1 Å². The van der Waals surface area contributed by atoms with E-state index >= 15 is 0 Å². The molecule has 0 saturated carbocycles. The first-order chi connectivity index (χ1) is 11.6. The number of aromatic nitrogens is 1. The predicted octanol–water partition coefficient (Wildman–Crippen LogP) is 3.71. The molecular weight excluding hydrogens is 324 g/mol. The molecule has 2 amide bonds. The predicted molar refractivity (Wildman–Crippen MR) is 95.2 cm³/mol. The van der Waals surface area contributed by atoms with Crippen LogP contribution in [0.3, 0.4) is 0 Å². The van der Waals surface area contributed by atoms with E-state index in [1.54, 1.807) is 19.3 Å². The number of benzene rings is 1. The monoisotopic (exact) mass is 340 g/mol. The molecule has 24 heavy (non-hydrogen) atoms. The third-order valence-corrected chi connectivity index (χ3v) is 4.50. The van der Waals surface area contributed by atoms with Crippen molar-refractivity contribution in [2.45, 2.75) is 0 Å². The number of imide groups is 1. The highest BCUT2D eigenvalue weighted by atomic mass is 32.2. The van der Waals surface area contributed by atoms with Gasteiger partial charge in [-0.3, -0.25) is 14.5 Å². The van der Waals surface area contributed by atoms with Gasteiger partial charge >= 0.3 is 0 Å². The summed E-state index contributed by atoms with van der Waals surface area (Å²) in [4.78, 5) is 25.8. The molecule has 0 bridgehead atoms. The lowest BCUT2D eigenvalue weighted by molar-refractivity contribution is -0.122. The van der Waals surface area contributed by atoms with Crippen molar-refractivity contribution in [2.24, 2.45) is 0 Å². The molecule has 1 fully saturated rings. The van der Waals surface area contributed by atoms with Crippen LogP contribution in [-0.2, 0) is 4.79 Å². The van der Waals surface area contributed by atoms with Crippen LogP contribution in [0.2, 0.25) is 0 Å². The number of methoxy groups -OCH3 is 1. The molecule has 1 aromatic carbocycles. The molecule has 3 rings (SSSR count). The van der Waals surface area contributed by atoms with Crippen molar-refractivity contribution in [3.63, 3.8) is 0 Å². The summed E-state index contributed by atoms with van der Waals surface area (Å²) in [6, 6.07) is 11.4. The quantitative estimate of drug-likeness (QED) is 0.615. The number of hydrogen-bond donors (Lipinski definition) is 0. The minimum absolute atomic E-state index is 0.224. The zero-order chi connectivity index (χ0) is 17.1. The topological polar surface area (TPSA) is 51.5 Å². The van der Waals surface area contributed by atoms with Crippen molar-refractivity contribution in [1.82, 2.24) is 9.47 Å². The van der Waals surface area contributed by atoms with Crippen molar-refractivity contribution in [3.8, 4) is 11.4 Å². The standard InChI is InChI=1S/C18H16N2O3S/c1-3-10-20-17(21)16(24-18(20)22)12-14-5-4-11-19(14)13-6-8-15(23-2)9-7-13/h3-9,11-12H,1,10H2,2H3/b16-12-. The normalized spacial score (nSPS) is 16.0. The molecule has 0 unspecified atom stereocenters. The molecular formula is C18H16N2O3S. The molecule has 0 atom stereocenters. The van der Waals surface area contributed by atoms with Crippen LogP contribution in [0.4, 0.5) is 4.79 Å². The Labute approximate surface area is 144 Å². The summed E-state index contributed by atoms with van der Waals surface area (Å²) < 4.78 is 7.11. The van der Waals surface area contributed by atoms with Crippen LogP contribution in [0.5, 0.6) is 5.75 Å². The SMILES string of the molecule is C=CCN1C(=O)S/C(=C\c2cccn2-c2ccc(OC)cc2)C1=O. The van der Waals surface area contributed by atoms with Crippen LogP contribution in [0.1, 0.15) is 5.69 Å². The molecule has 0 N–H and O–H groups in total. The second kappa shape index (κ2) is 6.80. The van der Waals surface area contributed by atoms with Crippen LogP contribution in [-0.4, -0.2) is 34.3 Å². The van der Waals surface area contributed by atoms with E-state index in [1.165, 1.54) is 4.90 Å². The minimum Gasteiger partial charge on any atom is -0.497 e. The molecule has 0 aliphatic carbocycles. The second-order valence-electron chi connectivity index (χ2n) is 5.08. The summed E-state index contributed by atoms with van der Waals surface area (Å²) in [5, 5.41) is -0.270. The molecule has 0 spiro atoms. The van der Waals surface area contributed by atoms with Gasteiger partial charge in [-0.05, 0) is 54.2 Å². The zero-order valence-corrected chi connectivity index (χ0v) is 14.0. The van der Waals surface area contributed by atoms with Crippen molar-refractivity contribution in [1.29, 1.82) is 0 Å². The lowest BCUT2D eigenvalue weighted by Crippen LogP contribution is -2.27. The fraction of sp³-hybridized carbons (Fsp3) is 0.111. The third-order valence-electron chi connectivity index (χ3n) is 3.60. The molecule has 1 saturated heterocycles. The molecule has 5 nitrogen and oxygen atoms in total. The van der Waals surface area contributed by atoms with Crippen LogP contribution in [0.15, 0.2) is 60.2 Å². The Kier molecular flexibility index (Phi) is 4.57. The average molecular weight is 340 g/mol. The maximum Gasteiger partial charge on any atom is 0.293 e. The summed E-state index contributed by atoms with van der Waals surface area (Å²) in [7, 11) is 1.62. The maximum absolute atomic E-state index is 12.3. The van der Waals surface area contributed by atoms with Crippen LogP contribution in [0.25, 0.3) is 11.8 Å². The van der Waals surface area contributed by atoms with Crippen molar-refractivity contribution < 1.29 is 14.3 Å². The number of hydrogen-bond acceptors (Lipinski definition) is 4. The van der Waals surface area contributed by atoms with Gasteiger partial charge in [-0.15, -0.1) is 6.58 Å². The summed E-state index contributed by atoms with van der Waals surface area (Å²) in [6.45, 7) is 3.80. The van der Waals surface area contributed by atoms with Gasteiger partial charge in [-0.2, -0.15) is 0 Å². The van der Waals surface area contributed by atoms with Gasteiger partial charge in [0.2, 0.25) is 0 Å². The van der Waals surface area contributed by atoms with E-state index in [2.05, 4.69) is 6.58 Å². The molecule has 1 aliphatic rings. The van der Waals surface area contributed by atoms with Crippen LogP contribution >= 0.6 is 11.8 Å². The number of rotatable bonds is 5. The summed E-state index contributed by atoms with van der Waals surface area (Å²) in [6.07, 6.45) is 5.18. The molecule has 1 aromatic heterocycles. The van der Waals surface area contributed by atoms with Gasteiger partial charge in [0.15, 0.2) is 0 Å². The van der Waals surface area contributed by atoms with Crippen molar-refractivity contribution in [3.05, 3.63) is 65.8 Å². The van der Waals surface area contributed by atoms with E-state index in [-0.39, 0.29) is 17.7 Å². The van der Waals surface area contributed by atoms with E-state index in [0.717, 1.165) is 28.9 Å². The first kappa shape index (κ1) is 16.1. The second-order valence-corrected chi connectivity index (χ2v) is 6.08. The number of amides is 2. The highest BCUT2D eigenvalue weighted by Crippen LogP contribution is 2.32. The fourth-order valence-electron chi connectivity index (χ4n) is 2.41. The van der Waals surface area contributed by atoms with Crippen molar-refractivity contribution >= 4 is 29.0 Å². The summed E-state index contributed by atoms with van der Waals surface area (Å²) in [5.74, 6) is 0.491. The number of carbonyl (C=O) groups excluding carboxylic acids is 2. The molecule has 2 aromatic rings. The molecule has 122 valence electrons. The Balaban J connectivity index is 1.92. The number of carbonyl (C=O) groups is 2. The average Bonchev–Trinajstić information content (AvgIpc) is 3.16. The van der Waals surface area contributed by atoms with Gasteiger partial charge in [0.1, 0.15) is 5.75 Å². The van der Waals surface area contributed by atoms with E-state index in [4.69, 9.17) is 4.74 Å². The third kappa shape index (κ3) is 3.00. The molecule has 2 heterocycles. The summed E-state index contributed by atoms with van der Waals surface area (Å²) >= 11 is 0.947. The van der Waals surface area contributed by atoms with E-state index < -0.39 is 0 Å². The van der Waals surface area contributed by atoms with Gasteiger partial charge in [-0.25, -0.2) is 0 Å². The fourth-order valence-corrected chi connectivity index (χ4v) is 3.24. The smallest absolute Gasteiger partial charge is 0.293 e. The van der Waals surface area contributed by atoms with E-state index in [1.807, 2.05) is 47.2 Å². The van der Waals surface area contributed by atoms with Crippen LogP contribution in [0, 0.1) is 0 Å². The Morgan fingerprint density at radius 2 is 1.96 bits per heavy atom. The highest BCUT2D eigenvalue weighted by Gasteiger charge is 2.34. The van der Waals surface area contributed by atoms with Crippen molar-refractivity contribution in [2.75, 3.05) is 13.7 Å². The number of ether oxygens (including phenoxy) is 1. The number of thioether (sulfide) groups is 1. The van der Waals surface area contributed by atoms with Gasteiger partial charge in [0.05, 0.1) is 12.0 Å². The van der Waals surface area contributed by atoms with Crippen LogP contribution < -0.4 is 4.74 Å². The lowest BCUT2D eigenvalue weighted by Gasteiger charge is -2.09. The maximum atomic E-state index is 12.3. The first-order valence-corrected chi connectivity index (χ1v) is 8.13. The van der Waals surface area contributed by atoms with E-state index in [0.29, 0.717) is 4.91 Å².